The fourth-order valence-corrected chi connectivity index (χ4v) is 3.09. The molecule has 2 rings (SSSR count). The molecule has 2 aromatic heterocycles. The highest BCUT2D eigenvalue weighted by atomic mass is 127. The van der Waals surface area contributed by atoms with E-state index in [1.54, 1.807) is 0 Å². The SMILES string of the molecule is CCOC(Cn1cc(I)c2c(Cl)ncnc21)OCC. The van der Waals surface area contributed by atoms with E-state index in [1.807, 2.05) is 24.6 Å². The van der Waals surface area contributed by atoms with Crippen molar-refractivity contribution in [2.75, 3.05) is 13.2 Å². The lowest BCUT2D eigenvalue weighted by Crippen LogP contribution is -2.23. The normalized spacial score (nSPS) is 11.6. The molecule has 0 unspecified atom stereocenters. The predicted octanol–water partition coefficient (Wildman–Crippen LogP) is 3.09. The Labute approximate surface area is 130 Å². The zero-order valence-corrected chi connectivity index (χ0v) is 13.7. The minimum absolute atomic E-state index is 0.282. The summed E-state index contributed by atoms with van der Waals surface area (Å²) in [6.07, 6.45) is 3.17. The van der Waals surface area contributed by atoms with E-state index in [-0.39, 0.29) is 6.29 Å². The van der Waals surface area contributed by atoms with E-state index >= 15 is 0 Å². The topological polar surface area (TPSA) is 49.2 Å². The zero-order chi connectivity index (χ0) is 13.8. The van der Waals surface area contributed by atoms with E-state index in [9.17, 15) is 0 Å². The predicted molar refractivity (Wildman–Crippen MR) is 82.3 cm³/mol. The van der Waals surface area contributed by atoms with E-state index < -0.39 is 0 Å². The van der Waals surface area contributed by atoms with Crippen LogP contribution in [-0.2, 0) is 16.0 Å². The Morgan fingerprint density at radius 2 is 2.00 bits per heavy atom. The van der Waals surface area contributed by atoms with Gasteiger partial charge in [-0.15, -0.1) is 0 Å². The second kappa shape index (κ2) is 6.83. The fraction of sp³-hybridized carbons (Fsp3) is 0.500. The molecule has 2 heterocycles. The molecule has 0 bridgehead atoms. The van der Waals surface area contributed by atoms with Gasteiger partial charge in [-0.2, -0.15) is 0 Å². The minimum Gasteiger partial charge on any atom is -0.351 e. The van der Waals surface area contributed by atoms with Gasteiger partial charge in [0.05, 0.1) is 11.9 Å². The van der Waals surface area contributed by atoms with Crippen LogP contribution in [0.3, 0.4) is 0 Å². The summed E-state index contributed by atoms with van der Waals surface area (Å²) in [6, 6.07) is 0. The Morgan fingerprint density at radius 1 is 1.32 bits per heavy atom. The molecule has 2 aromatic rings. The molecule has 0 aliphatic rings. The second-order valence-corrected chi connectivity index (χ2v) is 5.35. The molecule has 104 valence electrons. The van der Waals surface area contributed by atoms with E-state index in [0.29, 0.717) is 24.9 Å². The van der Waals surface area contributed by atoms with Gasteiger partial charge in [0.15, 0.2) is 6.29 Å². The molecule has 19 heavy (non-hydrogen) atoms. The van der Waals surface area contributed by atoms with Crippen molar-refractivity contribution in [1.82, 2.24) is 14.5 Å². The van der Waals surface area contributed by atoms with Crippen molar-refractivity contribution in [1.29, 1.82) is 0 Å². The molecule has 0 aliphatic heterocycles. The van der Waals surface area contributed by atoms with Crippen LogP contribution in [0.5, 0.6) is 0 Å². The average molecular weight is 396 g/mol. The third-order valence-electron chi connectivity index (χ3n) is 2.61. The van der Waals surface area contributed by atoms with Crippen LogP contribution in [0.2, 0.25) is 5.15 Å². The van der Waals surface area contributed by atoms with Crippen molar-refractivity contribution < 1.29 is 9.47 Å². The first-order valence-electron chi connectivity index (χ1n) is 6.05. The van der Waals surface area contributed by atoms with E-state index in [4.69, 9.17) is 21.1 Å². The van der Waals surface area contributed by atoms with Crippen molar-refractivity contribution in [2.24, 2.45) is 0 Å². The lowest BCUT2D eigenvalue weighted by Gasteiger charge is -2.17. The van der Waals surface area contributed by atoms with Gasteiger partial charge in [0, 0.05) is 23.0 Å². The highest BCUT2D eigenvalue weighted by Crippen LogP contribution is 2.26. The molecule has 0 aromatic carbocycles. The van der Waals surface area contributed by atoms with Crippen LogP contribution in [0.1, 0.15) is 13.8 Å². The lowest BCUT2D eigenvalue weighted by molar-refractivity contribution is -0.143. The van der Waals surface area contributed by atoms with Crippen molar-refractivity contribution >= 4 is 45.2 Å². The average Bonchev–Trinajstić information content (AvgIpc) is 2.68. The van der Waals surface area contributed by atoms with Crippen molar-refractivity contribution in [3.8, 4) is 0 Å². The third-order valence-corrected chi connectivity index (χ3v) is 3.72. The second-order valence-electron chi connectivity index (χ2n) is 3.83. The molecule has 0 radical (unpaired) electrons. The summed E-state index contributed by atoms with van der Waals surface area (Å²) in [5, 5.41) is 1.34. The molecule has 0 fully saturated rings. The first-order valence-corrected chi connectivity index (χ1v) is 7.51. The molecular weight excluding hydrogens is 381 g/mol. The maximum absolute atomic E-state index is 6.10. The van der Waals surface area contributed by atoms with Crippen LogP contribution in [-0.4, -0.2) is 34.0 Å². The summed E-state index contributed by atoms with van der Waals surface area (Å²) in [5.74, 6) is 0. The summed E-state index contributed by atoms with van der Waals surface area (Å²) < 4.78 is 14.1. The first kappa shape index (κ1) is 15.0. The quantitative estimate of drug-likeness (QED) is 0.428. The summed E-state index contributed by atoms with van der Waals surface area (Å²) in [7, 11) is 0. The monoisotopic (exact) mass is 395 g/mol. The first-order chi connectivity index (χ1) is 9.17. The Balaban J connectivity index is 2.32. The van der Waals surface area contributed by atoms with Crippen molar-refractivity contribution in [3.63, 3.8) is 0 Å². The number of halogens is 2. The van der Waals surface area contributed by atoms with E-state index in [2.05, 4.69) is 32.6 Å². The number of nitrogens with zero attached hydrogens (tertiary/aromatic N) is 3. The molecule has 0 atom stereocenters. The smallest absolute Gasteiger partial charge is 0.175 e. The molecule has 0 aliphatic carbocycles. The van der Waals surface area contributed by atoms with Crippen LogP contribution < -0.4 is 0 Å². The summed E-state index contributed by atoms with van der Waals surface area (Å²) in [5.41, 5.74) is 0.800. The molecule has 0 saturated carbocycles. The summed E-state index contributed by atoms with van der Waals surface area (Å²) in [6.45, 7) is 5.69. The van der Waals surface area contributed by atoms with Gasteiger partial charge in [-0.1, -0.05) is 11.6 Å². The van der Waals surface area contributed by atoms with Gasteiger partial charge in [0.25, 0.3) is 0 Å². The van der Waals surface area contributed by atoms with Crippen LogP contribution >= 0.6 is 34.2 Å². The van der Waals surface area contributed by atoms with Gasteiger partial charge in [-0.3, -0.25) is 0 Å². The Kier molecular flexibility index (Phi) is 5.37. The number of rotatable bonds is 6. The number of fused-ring (bicyclic) bond motifs is 1. The zero-order valence-electron chi connectivity index (χ0n) is 10.8. The van der Waals surface area contributed by atoms with Gasteiger partial charge < -0.3 is 14.0 Å². The Bertz CT molecular complexity index is 555. The van der Waals surface area contributed by atoms with Crippen LogP contribution in [0.15, 0.2) is 12.5 Å². The van der Waals surface area contributed by atoms with Gasteiger partial charge in [-0.25, -0.2) is 9.97 Å². The van der Waals surface area contributed by atoms with Gasteiger partial charge >= 0.3 is 0 Å². The van der Waals surface area contributed by atoms with Gasteiger partial charge in [0.2, 0.25) is 0 Å². The molecule has 0 saturated heterocycles. The van der Waals surface area contributed by atoms with E-state index in [1.165, 1.54) is 6.33 Å². The standard InChI is InChI=1S/C12H15ClIN3O2/c1-3-18-9(19-4-2)6-17-5-8(14)10-11(13)15-7-16-12(10)17/h5,7,9H,3-4,6H2,1-2H3. The molecule has 5 nitrogen and oxygen atoms in total. The summed E-state index contributed by atoms with van der Waals surface area (Å²) in [4.78, 5) is 8.29. The molecular formula is C12H15ClIN3O2. The van der Waals surface area contributed by atoms with Crippen molar-refractivity contribution in [2.45, 2.75) is 26.7 Å². The van der Waals surface area contributed by atoms with Crippen LogP contribution in [0, 0.1) is 3.57 Å². The number of ether oxygens (including phenoxy) is 2. The highest BCUT2D eigenvalue weighted by Gasteiger charge is 2.16. The Hall–Kier alpha value is -0.440. The molecule has 0 spiro atoms. The van der Waals surface area contributed by atoms with Crippen LogP contribution in [0.4, 0.5) is 0 Å². The molecule has 7 heteroatoms. The number of hydrogen-bond acceptors (Lipinski definition) is 4. The maximum atomic E-state index is 6.10. The maximum Gasteiger partial charge on any atom is 0.175 e. The largest absolute Gasteiger partial charge is 0.351 e. The lowest BCUT2D eigenvalue weighted by atomic mass is 10.4. The summed E-state index contributed by atoms with van der Waals surface area (Å²) >= 11 is 8.33. The number of aromatic nitrogens is 3. The Morgan fingerprint density at radius 3 is 2.63 bits per heavy atom. The number of hydrogen-bond donors (Lipinski definition) is 0. The fourth-order valence-electron chi connectivity index (χ4n) is 1.87. The van der Waals surface area contributed by atoms with E-state index in [0.717, 1.165) is 14.6 Å². The van der Waals surface area contributed by atoms with Gasteiger partial charge in [-0.05, 0) is 36.4 Å². The minimum atomic E-state index is -0.282. The molecule has 0 amide bonds. The van der Waals surface area contributed by atoms with Crippen LogP contribution in [0.25, 0.3) is 11.0 Å². The highest BCUT2D eigenvalue weighted by molar-refractivity contribution is 14.1. The third kappa shape index (κ3) is 3.36. The van der Waals surface area contributed by atoms with Gasteiger partial charge in [0.1, 0.15) is 17.1 Å². The molecule has 0 N–H and O–H groups in total. The van der Waals surface area contributed by atoms with Crippen molar-refractivity contribution in [3.05, 3.63) is 21.2 Å².